The number of allylic oxidation sites excluding steroid dienone is 2. The van der Waals surface area contributed by atoms with E-state index in [9.17, 15) is 19.5 Å². The summed E-state index contributed by atoms with van der Waals surface area (Å²) in [5, 5.41) is 17.6. The Hall–Kier alpha value is -3.42. The van der Waals surface area contributed by atoms with Crippen molar-refractivity contribution in [3.8, 4) is 0 Å². The first-order chi connectivity index (χ1) is 20.1. The number of carboxylic acids is 1. The molecule has 0 unspecified atom stereocenters. The minimum absolute atomic E-state index is 0.145. The number of oxime groups is 1. The number of benzene rings is 1. The van der Waals surface area contributed by atoms with E-state index in [-0.39, 0.29) is 29.8 Å². The predicted molar refractivity (Wildman–Crippen MR) is 161 cm³/mol. The van der Waals surface area contributed by atoms with Gasteiger partial charge >= 0.3 is 5.97 Å². The number of Topliss-reactive ketones (excluding diaryl/α,β-unsaturated/α-hetero) is 1. The average Bonchev–Trinajstić information content (AvgIpc) is 3.53. The number of aromatic nitrogens is 1. The number of H-pyrrole nitrogens is 1. The van der Waals surface area contributed by atoms with Gasteiger partial charge in [0.2, 0.25) is 0 Å². The molecule has 0 spiro atoms. The fourth-order valence-corrected chi connectivity index (χ4v) is 9.44. The van der Waals surface area contributed by atoms with Crippen molar-refractivity contribution in [3.63, 3.8) is 0 Å². The van der Waals surface area contributed by atoms with Gasteiger partial charge in [-0.05, 0) is 105 Å². The highest BCUT2D eigenvalue weighted by molar-refractivity contribution is 5.96. The SMILES string of the molecule is CC(=O)[C@@H]1CC[C@@H]2[C@@H]3CCC4=C/C(=N\OCC(=O)N[C@H](Cc5c[nH]c6ccccc56)C(=O)O)CC[C@]4(C)[C@H]3CC[C@@]21C. The zero-order valence-corrected chi connectivity index (χ0v) is 24.9. The van der Waals surface area contributed by atoms with E-state index in [2.05, 4.69) is 35.4 Å². The lowest BCUT2D eigenvalue weighted by atomic mass is 9.46. The lowest BCUT2D eigenvalue weighted by molar-refractivity contribution is -0.142. The first-order valence-electron chi connectivity index (χ1n) is 15.6. The van der Waals surface area contributed by atoms with Gasteiger partial charge in [-0.15, -0.1) is 0 Å². The number of hydrogen-bond donors (Lipinski definition) is 3. The number of rotatable bonds is 8. The fraction of sp³-hybridized carbons (Fsp3) is 0.588. The van der Waals surface area contributed by atoms with Crippen LogP contribution < -0.4 is 5.32 Å². The normalized spacial score (nSPS) is 33.7. The van der Waals surface area contributed by atoms with Crippen LogP contribution in [0.3, 0.4) is 0 Å². The number of fused-ring (bicyclic) bond motifs is 6. The minimum Gasteiger partial charge on any atom is -0.480 e. The van der Waals surface area contributed by atoms with Crippen molar-refractivity contribution in [1.29, 1.82) is 0 Å². The Morgan fingerprint density at radius 2 is 1.90 bits per heavy atom. The number of nitrogens with zero attached hydrogens (tertiary/aromatic N) is 1. The van der Waals surface area contributed by atoms with Crippen LogP contribution in [0.1, 0.15) is 77.7 Å². The first kappa shape index (κ1) is 28.7. The number of aromatic amines is 1. The molecule has 3 N–H and O–H groups in total. The molecule has 6 rings (SSSR count). The van der Waals surface area contributed by atoms with Gasteiger partial charge in [0.15, 0.2) is 6.61 Å². The second-order valence-electron chi connectivity index (χ2n) is 13.7. The maximum Gasteiger partial charge on any atom is 0.326 e. The van der Waals surface area contributed by atoms with Crippen molar-refractivity contribution in [3.05, 3.63) is 47.7 Å². The van der Waals surface area contributed by atoms with E-state index in [0.717, 1.165) is 54.3 Å². The topological polar surface area (TPSA) is 121 Å². The maximum absolute atomic E-state index is 12.6. The number of nitrogens with one attached hydrogen (secondary N) is 2. The van der Waals surface area contributed by atoms with Crippen LogP contribution in [-0.4, -0.2) is 46.1 Å². The molecular weight excluding hydrogens is 530 g/mol. The Morgan fingerprint density at radius 1 is 1.10 bits per heavy atom. The number of carboxylic acid groups (broad SMARTS) is 1. The van der Waals surface area contributed by atoms with Crippen molar-refractivity contribution >= 4 is 34.3 Å². The molecule has 0 saturated heterocycles. The Kier molecular flexibility index (Phi) is 7.52. The number of amides is 1. The van der Waals surface area contributed by atoms with Gasteiger partial charge in [0.05, 0.1) is 5.71 Å². The zero-order valence-electron chi connectivity index (χ0n) is 24.9. The smallest absolute Gasteiger partial charge is 0.326 e. The third-order valence-electron chi connectivity index (χ3n) is 11.6. The molecule has 4 aliphatic carbocycles. The second kappa shape index (κ2) is 11.0. The molecule has 0 bridgehead atoms. The summed E-state index contributed by atoms with van der Waals surface area (Å²) in [7, 11) is 0. The number of aliphatic carboxylic acids is 1. The van der Waals surface area contributed by atoms with Crippen LogP contribution in [0.4, 0.5) is 0 Å². The van der Waals surface area contributed by atoms with E-state index in [0.29, 0.717) is 23.5 Å². The number of carbonyl (C=O) groups excluding carboxylic acids is 2. The third-order valence-corrected chi connectivity index (χ3v) is 11.6. The van der Waals surface area contributed by atoms with Crippen molar-refractivity contribution in [2.45, 2.75) is 84.6 Å². The lowest BCUT2D eigenvalue weighted by Gasteiger charge is -2.58. The molecule has 7 atom stereocenters. The van der Waals surface area contributed by atoms with E-state index < -0.39 is 17.9 Å². The van der Waals surface area contributed by atoms with Gasteiger partial charge in [-0.2, -0.15) is 0 Å². The monoisotopic (exact) mass is 573 g/mol. The molecule has 2 aromatic rings. The Labute approximate surface area is 247 Å². The molecule has 4 aliphatic rings. The third kappa shape index (κ3) is 4.96. The fourth-order valence-electron chi connectivity index (χ4n) is 9.44. The molecule has 0 aliphatic heterocycles. The summed E-state index contributed by atoms with van der Waals surface area (Å²) in [6, 6.07) is 6.61. The van der Waals surface area contributed by atoms with Crippen molar-refractivity contribution in [2.24, 2.45) is 39.7 Å². The van der Waals surface area contributed by atoms with Gasteiger partial charge in [0.1, 0.15) is 11.8 Å². The summed E-state index contributed by atoms with van der Waals surface area (Å²) in [6.07, 6.45) is 12.7. The van der Waals surface area contributed by atoms with Gasteiger partial charge in [-0.3, -0.25) is 9.59 Å². The maximum atomic E-state index is 12.6. The van der Waals surface area contributed by atoms with Crippen LogP contribution in [0.5, 0.6) is 0 Å². The summed E-state index contributed by atoms with van der Waals surface area (Å²) in [6.45, 7) is 6.28. The van der Waals surface area contributed by atoms with Gasteiger partial charge in [-0.1, -0.05) is 42.8 Å². The van der Waals surface area contributed by atoms with Crippen molar-refractivity contribution < 1.29 is 24.3 Å². The van der Waals surface area contributed by atoms with E-state index in [1.807, 2.05) is 24.3 Å². The summed E-state index contributed by atoms with van der Waals surface area (Å²) < 4.78 is 0. The minimum atomic E-state index is -1.09. The molecule has 3 fully saturated rings. The van der Waals surface area contributed by atoms with Crippen molar-refractivity contribution in [1.82, 2.24) is 10.3 Å². The second-order valence-corrected chi connectivity index (χ2v) is 13.7. The van der Waals surface area contributed by atoms with Crippen LogP contribution in [0.25, 0.3) is 10.9 Å². The van der Waals surface area contributed by atoms with Gasteiger partial charge < -0.3 is 20.2 Å². The number of ketones is 1. The van der Waals surface area contributed by atoms with Crippen LogP contribution in [0, 0.1) is 34.5 Å². The van der Waals surface area contributed by atoms with Gasteiger partial charge in [-0.25, -0.2) is 4.79 Å². The van der Waals surface area contributed by atoms with E-state index in [1.54, 1.807) is 13.1 Å². The molecule has 1 heterocycles. The predicted octanol–water partition coefficient (Wildman–Crippen LogP) is 5.82. The molecule has 42 heavy (non-hydrogen) atoms. The molecule has 3 saturated carbocycles. The van der Waals surface area contributed by atoms with Crippen LogP contribution in [-0.2, 0) is 25.6 Å². The molecule has 224 valence electrons. The van der Waals surface area contributed by atoms with Crippen LogP contribution in [0.2, 0.25) is 0 Å². The van der Waals surface area contributed by atoms with Gasteiger partial charge in [0, 0.05) is 29.4 Å². The highest BCUT2D eigenvalue weighted by atomic mass is 16.6. The summed E-state index contributed by atoms with van der Waals surface area (Å²) in [5.74, 6) is 0.967. The Bertz CT molecular complexity index is 1460. The molecule has 1 aromatic carbocycles. The lowest BCUT2D eigenvalue weighted by Crippen LogP contribution is -2.51. The molecule has 8 nitrogen and oxygen atoms in total. The first-order valence-corrected chi connectivity index (χ1v) is 15.6. The largest absolute Gasteiger partial charge is 0.480 e. The standard InChI is InChI=1S/C34H43N3O5/c1-20(38)26-10-11-27-25-9-8-22-17-23(12-14-33(22,2)28(25)13-15-34(26,27)3)37-42-19-31(39)36-30(32(40)41)16-21-18-35-29-7-5-4-6-24(21)29/h4-7,17-18,25-28,30,35H,8-16,19H2,1-3H3,(H,36,39)(H,40,41)/b37-23-/t25-,26-,27+,28-,30+,33-,34+/m0/s1. The summed E-state index contributed by atoms with van der Waals surface area (Å²) in [4.78, 5) is 45.5. The van der Waals surface area contributed by atoms with Crippen LogP contribution in [0.15, 0.2) is 47.3 Å². The van der Waals surface area contributed by atoms with E-state index >= 15 is 0 Å². The average molecular weight is 574 g/mol. The van der Waals surface area contributed by atoms with E-state index in [4.69, 9.17) is 4.84 Å². The van der Waals surface area contributed by atoms with Crippen molar-refractivity contribution in [2.75, 3.05) is 6.61 Å². The number of para-hydroxylation sites is 1. The van der Waals surface area contributed by atoms with Crippen LogP contribution >= 0.6 is 0 Å². The summed E-state index contributed by atoms with van der Waals surface area (Å²) in [5.41, 5.74) is 4.36. The summed E-state index contributed by atoms with van der Waals surface area (Å²) >= 11 is 0. The quantitative estimate of drug-likeness (QED) is 0.344. The highest BCUT2D eigenvalue weighted by Crippen LogP contribution is 2.66. The highest BCUT2D eigenvalue weighted by Gasteiger charge is 2.59. The molecule has 8 heteroatoms. The van der Waals surface area contributed by atoms with E-state index in [1.165, 1.54) is 24.8 Å². The number of carbonyl (C=O) groups is 3. The Morgan fingerprint density at radius 3 is 2.69 bits per heavy atom. The zero-order chi connectivity index (χ0) is 29.6. The Balaban J connectivity index is 1.06. The molecule has 1 aromatic heterocycles. The number of hydrogen-bond acceptors (Lipinski definition) is 5. The van der Waals surface area contributed by atoms with Gasteiger partial charge in [0.25, 0.3) is 5.91 Å². The molecular formula is C34H43N3O5. The molecule has 1 amide bonds. The molecule has 0 radical (unpaired) electrons.